The number of carboxylic acids is 1. The van der Waals surface area contributed by atoms with Gasteiger partial charge in [0.15, 0.2) is 0 Å². The Labute approximate surface area is 276 Å². The zero-order valence-electron chi connectivity index (χ0n) is 28.4. The number of likely N-dealkylation sites (tertiary alicyclic amines) is 1. The first-order valence-corrected chi connectivity index (χ1v) is 17.8. The number of carboxylic acid groups (broad SMARTS) is 1. The van der Waals surface area contributed by atoms with Gasteiger partial charge in [-0.1, -0.05) is 63.4 Å². The van der Waals surface area contributed by atoms with Gasteiger partial charge in [-0.25, -0.2) is 4.79 Å². The smallest absolute Gasteiger partial charge is 0.326 e. The van der Waals surface area contributed by atoms with Gasteiger partial charge in [-0.3, -0.25) is 9.69 Å². The molecule has 2 fully saturated rings. The van der Waals surface area contributed by atoms with Crippen LogP contribution < -0.4 is 5.32 Å². The number of amides is 1. The molecule has 0 spiro atoms. The molecule has 1 saturated heterocycles. The maximum absolute atomic E-state index is 13.4. The largest absolute Gasteiger partial charge is 0.480 e. The Morgan fingerprint density at radius 2 is 1.64 bits per heavy atom. The van der Waals surface area contributed by atoms with E-state index in [0.717, 1.165) is 75.1 Å². The fourth-order valence-corrected chi connectivity index (χ4v) is 6.44. The highest BCUT2D eigenvalue weighted by molar-refractivity contribution is 7.98. The average molecular weight is 647 g/mol. The Balaban J connectivity index is 0.00000159. The van der Waals surface area contributed by atoms with E-state index >= 15 is 0 Å². The number of carbonyl (C=O) groups is 2. The molecule has 2 aliphatic rings. The number of aliphatic carboxylic acids is 1. The summed E-state index contributed by atoms with van der Waals surface area (Å²) >= 11 is 1.57. The third-order valence-electron chi connectivity index (χ3n) is 8.25. The molecule has 4 rings (SSSR count). The van der Waals surface area contributed by atoms with Crippen LogP contribution in [0.15, 0.2) is 42.5 Å². The van der Waals surface area contributed by atoms with E-state index in [1.165, 1.54) is 38.5 Å². The number of ether oxygens (including phenoxy) is 1. The second kappa shape index (κ2) is 23.8. The zero-order chi connectivity index (χ0) is 33.6. The first-order valence-electron chi connectivity index (χ1n) is 16.4. The lowest BCUT2D eigenvalue weighted by molar-refractivity contribution is -0.139. The van der Waals surface area contributed by atoms with Crippen LogP contribution in [0.25, 0.3) is 11.1 Å². The van der Waals surface area contributed by atoms with Crippen molar-refractivity contribution in [2.75, 3.05) is 46.0 Å². The van der Waals surface area contributed by atoms with Crippen LogP contribution in [-0.4, -0.2) is 90.2 Å². The monoisotopic (exact) mass is 646 g/mol. The van der Waals surface area contributed by atoms with Gasteiger partial charge in [-0.05, 0) is 97.9 Å². The Morgan fingerprint density at radius 3 is 2.29 bits per heavy atom. The predicted octanol–water partition coefficient (Wildman–Crippen LogP) is 6.40. The zero-order valence-corrected chi connectivity index (χ0v) is 29.2. The molecule has 1 aliphatic carbocycles. The van der Waals surface area contributed by atoms with Crippen LogP contribution in [0.2, 0.25) is 0 Å². The maximum Gasteiger partial charge on any atom is 0.326 e. The molecule has 0 bridgehead atoms. The van der Waals surface area contributed by atoms with Crippen molar-refractivity contribution in [1.29, 1.82) is 0 Å². The van der Waals surface area contributed by atoms with E-state index in [9.17, 15) is 14.7 Å². The van der Waals surface area contributed by atoms with Gasteiger partial charge in [-0.2, -0.15) is 11.8 Å². The quantitative estimate of drug-likeness (QED) is 0.197. The highest BCUT2D eigenvalue weighted by Crippen LogP contribution is 2.30. The molecule has 9 heteroatoms. The number of thioether (sulfide) groups is 1. The Hall–Kier alpha value is -2.43. The molecule has 2 aromatic rings. The van der Waals surface area contributed by atoms with Gasteiger partial charge in [0.2, 0.25) is 0 Å². The van der Waals surface area contributed by atoms with Crippen LogP contribution in [0.4, 0.5) is 0 Å². The minimum absolute atomic E-state index is 0.344. The highest BCUT2D eigenvalue weighted by Gasteiger charge is 2.27. The fraction of sp³-hybridized carbons (Fsp3) is 0.611. The lowest BCUT2D eigenvalue weighted by atomic mass is 9.90. The SMILES string of the molecule is CC.CO.CO.CSCCC(NC(=O)c1ccc(CN2CCCC2COCC2CCCCC2)cc1-c1ccccc1C)C(=O)O. The molecule has 0 aromatic heterocycles. The van der Waals surface area contributed by atoms with Crippen LogP contribution in [0.1, 0.15) is 86.7 Å². The summed E-state index contributed by atoms with van der Waals surface area (Å²) in [7, 11) is 2.00. The number of benzene rings is 2. The molecule has 45 heavy (non-hydrogen) atoms. The van der Waals surface area contributed by atoms with Crippen molar-refractivity contribution in [2.24, 2.45) is 5.92 Å². The molecule has 1 aliphatic heterocycles. The van der Waals surface area contributed by atoms with Crippen molar-refractivity contribution in [3.63, 3.8) is 0 Å². The van der Waals surface area contributed by atoms with Gasteiger partial charge in [-0.15, -0.1) is 0 Å². The van der Waals surface area contributed by atoms with Gasteiger partial charge in [0.05, 0.1) is 6.61 Å². The molecular formula is C36H58N2O6S. The van der Waals surface area contributed by atoms with Crippen LogP contribution in [0.5, 0.6) is 0 Å². The van der Waals surface area contributed by atoms with Crippen LogP contribution in [0, 0.1) is 12.8 Å². The van der Waals surface area contributed by atoms with Gasteiger partial charge in [0, 0.05) is 39.0 Å². The number of rotatable bonds is 13. The lowest BCUT2D eigenvalue weighted by Crippen LogP contribution is -2.41. The first kappa shape index (κ1) is 40.6. The van der Waals surface area contributed by atoms with Gasteiger partial charge < -0.3 is 25.4 Å². The summed E-state index contributed by atoms with van der Waals surface area (Å²) in [6, 6.07) is 13.6. The number of carbonyl (C=O) groups excluding carboxylic acids is 1. The summed E-state index contributed by atoms with van der Waals surface area (Å²) < 4.78 is 6.22. The molecule has 0 radical (unpaired) electrons. The molecular weight excluding hydrogens is 588 g/mol. The standard InChI is InChI=1S/C32H44N2O4S.C2H6.2CH4O/c1-23-9-6-7-13-27(23)29-19-25(14-15-28(29)31(35)33-30(32(36)37)16-18-39-2)20-34-17-8-12-26(34)22-38-21-24-10-4-3-5-11-24;3*1-2/h6-7,9,13-15,19,24,26,30H,3-5,8,10-12,16-18,20-22H2,1-2H3,(H,33,35)(H,36,37);1-2H3;2*2H,1H3. The number of nitrogens with zero attached hydrogens (tertiary/aromatic N) is 1. The molecule has 254 valence electrons. The highest BCUT2D eigenvalue weighted by atomic mass is 32.2. The molecule has 1 amide bonds. The van der Waals surface area contributed by atoms with Crippen molar-refractivity contribution < 1.29 is 29.6 Å². The van der Waals surface area contributed by atoms with Crippen LogP contribution in [0.3, 0.4) is 0 Å². The summed E-state index contributed by atoms with van der Waals surface area (Å²) in [6.45, 7) is 9.58. The molecule has 4 N–H and O–H groups in total. The topological polar surface area (TPSA) is 119 Å². The summed E-state index contributed by atoms with van der Waals surface area (Å²) in [5, 5.41) is 26.4. The molecule has 2 aromatic carbocycles. The molecule has 1 heterocycles. The Kier molecular flexibility index (Phi) is 21.5. The summed E-state index contributed by atoms with van der Waals surface area (Å²) in [5.74, 6) is 0.0495. The molecule has 2 atom stereocenters. The Morgan fingerprint density at radius 1 is 0.956 bits per heavy atom. The van der Waals surface area contributed by atoms with E-state index < -0.39 is 12.0 Å². The average Bonchev–Trinajstić information content (AvgIpc) is 3.52. The summed E-state index contributed by atoms with van der Waals surface area (Å²) in [4.78, 5) is 27.7. The second-order valence-corrected chi connectivity index (χ2v) is 12.1. The normalized spacial score (nSPS) is 17.0. The van der Waals surface area contributed by atoms with Crippen molar-refractivity contribution in [1.82, 2.24) is 10.2 Å². The molecule has 8 nitrogen and oxygen atoms in total. The van der Waals surface area contributed by atoms with E-state index in [2.05, 4.69) is 16.3 Å². The second-order valence-electron chi connectivity index (χ2n) is 11.1. The number of hydrogen-bond acceptors (Lipinski definition) is 7. The number of aryl methyl sites for hydroxylation is 1. The third-order valence-corrected chi connectivity index (χ3v) is 8.90. The Bertz CT molecular complexity index is 1110. The van der Waals surface area contributed by atoms with Gasteiger partial charge in [0.25, 0.3) is 5.91 Å². The number of hydrogen-bond donors (Lipinski definition) is 4. The van der Waals surface area contributed by atoms with E-state index in [4.69, 9.17) is 14.9 Å². The van der Waals surface area contributed by atoms with Gasteiger partial charge >= 0.3 is 5.97 Å². The van der Waals surface area contributed by atoms with Crippen molar-refractivity contribution in [3.05, 3.63) is 59.2 Å². The van der Waals surface area contributed by atoms with Crippen molar-refractivity contribution >= 4 is 23.6 Å². The fourth-order valence-electron chi connectivity index (χ4n) is 5.97. The third kappa shape index (κ3) is 13.4. The van der Waals surface area contributed by atoms with Gasteiger partial charge in [0.1, 0.15) is 6.04 Å². The van der Waals surface area contributed by atoms with Crippen LogP contribution in [-0.2, 0) is 16.1 Å². The molecule has 2 unspecified atom stereocenters. The first-order chi connectivity index (χ1) is 22.0. The summed E-state index contributed by atoms with van der Waals surface area (Å²) in [6.07, 6.45) is 11.3. The van der Waals surface area contributed by atoms with E-state index in [0.29, 0.717) is 23.8 Å². The summed E-state index contributed by atoms with van der Waals surface area (Å²) in [5.41, 5.74) is 4.59. The lowest BCUT2D eigenvalue weighted by Gasteiger charge is -2.27. The van der Waals surface area contributed by atoms with E-state index in [1.807, 2.05) is 63.4 Å². The molecule has 1 saturated carbocycles. The van der Waals surface area contributed by atoms with Crippen molar-refractivity contribution in [3.8, 4) is 11.1 Å². The van der Waals surface area contributed by atoms with E-state index in [1.54, 1.807) is 11.8 Å². The van der Waals surface area contributed by atoms with Crippen LogP contribution >= 0.6 is 11.8 Å². The number of aliphatic hydroxyl groups is 2. The minimum atomic E-state index is -1.00. The number of nitrogens with one attached hydrogen (secondary N) is 1. The number of aliphatic hydroxyl groups excluding tert-OH is 2. The maximum atomic E-state index is 13.4. The predicted molar refractivity (Wildman–Crippen MR) is 187 cm³/mol. The van der Waals surface area contributed by atoms with Crippen molar-refractivity contribution in [2.45, 2.75) is 90.8 Å². The van der Waals surface area contributed by atoms with E-state index in [-0.39, 0.29) is 5.91 Å². The minimum Gasteiger partial charge on any atom is -0.480 e.